The zero-order chi connectivity index (χ0) is 16.1. The van der Waals surface area contributed by atoms with Gasteiger partial charge in [-0.15, -0.1) is 0 Å². The molecular weight excluding hydrogens is 288 g/mol. The van der Waals surface area contributed by atoms with Gasteiger partial charge in [0, 0.05) is 17.0 Å². The Labute approximate surface area is 127 Å². The molecule has 2 aromatic rings. The number of benzene rings is 1. The lowest BCUT2D eigenvalue weighted by atomic mass is 10.1. The number of ether oxygens (including phenoxy) is 3. The van der Waals surface area contributed by atoms with Crippen molar-refractivity contribution >= 4 is 17.0 Å². The smallest absolute Gasteiger partial charge is 0.407 e. The Balaban J connectivity index is 2.35. The molecule has 0 saturated carbocycles. The average Bonchev–Trinajstić information content (AvgIpc) is 2.51. The highest BCUT2D eigenvalue weighted by Gasteiger charge is 2.10. The number of hydrogen-bond acceptors (Lipinski definition) is 5. The van der Waals surface area contributed by atoms with E-state index in [1.165, 1.54) is 7.11 Å². The summed E-state index contributed by atoms with van der Waals surface area (Å²) in [6.45, 7) is 2.07. The Morgan fingerprint density at radius 2 is 1.86 bits per heavy atom. The number of aromatic nitrogens is 1. The van der Waals surface area contributed by atoms with Crippen LogP contribution in [0, 0.1) is 0 Å². The van der Waals surface area contributed by atoms with E-state index in [1.54, 1.807) is 32.2 Å². The quantitative estimate of drug-likeness (QED) is 0.879. The maximum Gasteiger partial charge on any atom is 0.407 e. The molecule has 118 valence electrons. The van der Waals surface area contributed by atoms with Crippen molar-refractivity contribution in [2.45, 2.75) is 13.5 Å². The van der Waals surface area contributed by atoms with Gasteiger partial charge in [-0.1, -0.05) is 0 Å². The minimum absolute atomic E-state index is 0.0818. The molecule has 22 heavy (non-hydrogen) atoms. The number of carbonyl (C=O) groups is 1. The summed E-state index contributed by atoms with van der Waals surface area (Å²) >= 11 is 0. The van der Waals surface area contributed by atoms with Crippen molar-refractivity contribution in [1.82, 2.24) is 10.3 Å². The van der Waals surface area contributed by atoms with Gasteiger partial charge in [-0.25, -0.2) is 4.79 Å². The van der Waals surface area contributed by atoms with Crippen LogP contribution in [-0.4, -0.2) is 31.9 Å². The second-order valence-electron chi connectivity index (χ2n) is 4.49. The van der Waals surface area contributed by atoms with Crippen molar-refractivity contribution in [3.05, 3.63) is 34.1 Å². The maximum atomic E-state index is 12.0. The van der Waals surface area contributed by atoms with Crippen LogP contribution in [0.5, 0.6) is 11.5 Å². The number of fused-ring (bicyclic) bond motifs is 1. The van der Waals surface area contributed by atoms with E-state index in [9.17, 15) is 9.59 Å². The van der Waals surface area contributed by atoms with Crippen LogP contribution >= 0.6 is 0 Å². The number of amides is 1. The van der Waals surface area contributed by atoms with Crippen molar-refractivity contribution in [3.8, 4) is 11.5 Å². The second kappa shape index (κ2) is 6.84. The van der Waals surface area contributed by atoms with Gasteiger partial charge < -0.3 is 24.5 Å². The minimum atomic E-state index is -0.561. The monoisotopic (exact) mass is 306 g/mol. The summed E-state index contributed by atoms with van der Waals surface area (Å²) in [5.41, 5.74) is 0.770. The van der Waals surface area contributed by atoms with Crippen molar-refractivity contribution in [2.75, 3.05) is 20.8 Å². The Kier molecular flexibility index (Phi) is 4.88. The van der Waals surface area contributed by atoms with Crippen LogP contribution in [0.2, 0.25) is 0 Å². The third-order valence-electron chi connectivity index (χ3n) is 3.12. The lowest BCUT2D eigenvalue weighted by Gasteiger charge is -2.10. The summed E-state index contributed by atoms with van der Waals surface area (Å²) < 4.78 is 15.2. The van der Waals surface area contributed by atoms with E-state index in [-0.39, 0.29) is 18.7 Å². The summed E-state index contributed by atoms with van der Waals surface area (Å²) in [5, 5.41) is 3.30. The molecule has 1 heterocycles. The fourth-order valence-corrected chi connectivity index (χ4v) is 2.06. The lowest BCUT2D eigenvalue weighted by Crippen LogP contribution is -2.27. The van der Waals surface area contributed by atoms with Crippen LogP contribution in [0.1, 0.15) is 12.5 Å². The number of H-pyrrole nitrogens is 1. The fourth-order valence-electron chi connectivity index (χ4n) is 2.06. The van der Waals surface area contributed by atoms with Gasteiger partial charge >= 0.3 is 6.09 Å². The Morgan fingerprint density at radius 3 is 2.50 bits per heavy atom. The van der Waals surface area contributed by atoms with E-state index in [2.05, 4.69) is 10.3 Å². The van der Waals surface area contributed by atoms with E-state index < -0.39 is 6.09 Å². The lowest BCUT2D eigenvalue weighted by molar-refractivity contribution is 0.151. The van der Waals surface area contributed by atoms with Crippen LogP contribution in [0.3, 0.4) is 0 Å². The van der Waals surface area contributed by atoms with Crippen LogP contribution < -0.4 is 20.3 Å². The van der Waals surface area contributed by atoms with Crippen molar-refractivity contribution in [1.29, 1.82) is 0 Å². The number of nitrogens with one attached hydrogen (secondary N) is 2. The average molecular weight is 306 g/mol. The molecule has 7 nitrogen and oxygen atoms in total. The molecule has 7 heteroatoms. The Morgan fingerprint density at radius 1 is 1.18 bits per heavy atom. The Bertz CT molecular complexity index is 739. The predicted octanol–water partition coefficient (Wildman–Crippen LogP) is 1.79. The number of aromatic amines is 1. The van der Waals surface area contributed by atoms with E-state index in [0.29, 0.717) is 22.6 Å². The number of rotatable bonds is 5. The van der Waals surface area contributed by atoms with Gasteiger partial charge in [-0.2, -0.15) is 0 Å². The number of hydrogen-bond donors (Lipinski definition) is 2. The molecule has 1 aromatic carbocycles. The molecule has 1 amide bonds. The summed E-state index contributed by atoms with van der Waals surface area (Å²) in [4.78, 5) is 26.1. The van der Waals surface area contributed by atoms with Crippen LogP contribution in [-0.2, 0) is 11.3 Å². The third kappa shape index (κ3) is 3.30. The number of carbonyl (C=O) groups excluding carboxylic acids is 1. The fraction of sp³-hybridized carbons (Fsp3) is 0.333. The highest BCUT2D eigenvalue weighted by atomic mass is 16.5. The zero-order valence-electron chi connectivity index (χ0n) is 12.7. The molecule has 2 rings (SSSR count). The standard InChI is InChI=1S/C15H18N2O5/c1-4-22-15(19)16-8-10-5-9-6-12(20-2)13(21-3)7-11(9)17-14(10)18/h5-7H,4,8H2,1-3H3,(H,16,19)(H,17,18). The molecule has 0 atom stereocenters. The molecule has 0 unspecified atom stereocenters. The molecule has 0 fully saturated rings. The molecule has 0 bridgehead atoms. The van der Waals surface area contributed by atoms with Gasteiger partial charge in [0.15, 0.2) is 11.5 Å². The highest BCUT2D eigenvalue weighted by Crippen LogP contribution is 2.30. The summed E-state index contributed by atoms with van der Waals surface area (Å²) in [5.74, 6) is 1.09. The van der Waals surface area contributed by atoms with Gasteiger partial charge in [0.2, 0.25) is 0 Å². The molecule has 1 aromatic heterocycles. The SMILES string of the molecule is CCOC(=O)NCc1cc2cc(OC)c(OC)cc2[nH]c1=O. The first-order valence-corrected chi connectivity index (χ1v) is 6.77. The Hall–Kier alpha value is -2.70. The first-order valence-electron chi connectivity index (χ1n) is 6.77. The highest BCUT2D eigenvalue weighted by molar-refractivity contribution is 5.83. The minimum Gasteiger partial charge on any atom is -0.493 e. The second-order valence-corrected chi connectivity index (χ2v) is 4.49. The van der Waals surface area contributed by atoms with Gasteiger partial charge in [0.25, 0.3) is 5.56 Å². The van der Waals surface area contributed by atoms with Gasteiger partial charge in [-0.3, -0.25) is 4.79 Å². The van der Waals surface area contributed by atoms with Crippen molar-refractivity contribution < 1.29 is 19.0 Å². The maximum absolute atomic E-state index is 12.0. The molecule has 0 aliphatic carbocycles. The normalized spacial score (nSPS) is 10.3. The molecule has 0 spiro atoms. The van der Waals surface area contributed by atoms with Gasteiger partial charge in [-0.05, 0) is 19.1 Å². The first kappa shape index (κ1) is 15.7. The van der Waals surface area contributed by atoms with Crippen molar-refractivity contribution in [2.24, 2.45) is 0 Å². The molecule has 0 saturated heterocycles. The van der Waals surface area contributed by atoms with Crippen LogP contribution in [0.4, 0.5) is 4.79 Å². The molecular formula is C15H18N2O5. The molecule has 0 radical (unpaired) electrons. The van der Waals surface area contributed by atoms with Gasteiger partial charge in [0.05, 0.1) is 32.9 Å². The number of pyridine rings is 1. The van der Waals surface area contributed by atoms with E-state index in [1.807, 2.05) is 0 Å². The van der Waals surface area contributed by atoms with E-state index >= 15 is 0 Å². The number of alkyl carbamates (subject to hydrolysis) is 1. The predicted molar refractivity (Wildman–Crippen MR) is 81.5 cm³/mol. The van der Waals surface area contributed by atoms with Crippen molar-refractivity contribution in [3.63, 3.8) is 0 Å². The largest absolute Gasteiger partial charge is 0.493 e. The summed E-state index contributed by atoms with van der Waals surface area (Å²) in [6, 6.07) is 5.15. The third-order valence-corrected chi connectivity index (χ3v) is 3.12. The molecule has 0 aliphatic rings. The van der Waals surface area contributed by atoms with Crippen LogP contribution in [0.25, 0.3) is 10.9 Å². The first-order chi connectivity index (χ1) is 10.6. The number of methoxy groups -OCH3 is 2. The zero-order valence-corrected chi connectivity index (χ0v) is 12.7. The van der Waals surface area contributed by atoms with E-state index in [4.69, 9.17) is 14.2 Å². The summed E-state index contributed by atoms with van der Waals surface area (Å²) in [7, 11) is 3.07. The van der Waals surface area contributed by atoms with E-state index in [0.717, 1.165) is 5.39 Å². The topological polar surface area (TPSA) is 89.7 Å². The molecule has 2 N–H and O–H groups in total. The van der Waals surface area contributed by atoms with Crippen LogP contribution in [0.15, 0.2) is 23.0 Å². The molecule has 0 aliphatic heterocycles. The van der Waals surface area contributed by atoms with Gasteiger partial charge in [0.1, 0.15) is 0 Å². The summed E-state index contributed by atoms with van der Waals surface area (Å²) in [6.07, 6.45) is -0.561.